The summed E-state index contributed by atoms with van der Waals surface area (Å²) < 4.78 is 7.18. The summed E-state index contributed by atoms with van der Waals surface area (Å²) in [6.45, 7) is 0. The average molecular weight is 397 g/mol. The van der Waals surface area contributed by atoms with Gasteiger partial charge in [-0.2, -0.15) is 0 Å². The summed E-state index contributed by atoms with van der Waals surface area (Å²) in [4.78, 5) is 45.1. The van der Waals surface area contributed by atoms with Gasteiger partial charge in [0.1, 0.15) is 17.1 Å². The molecule has 1 aliphatic rings. The fourth-order valence-electron chi connectivity index (χ4n) is 3.54. The Morgan fingerprint density at radius 1 is 1.21 bits per heavy atom. The highest BCUT2D eigenvalue weighted by Gasteiger charge is 2.16. The number of aromatic nitrogens is 4. The molecule has 0 bridgehead atoms. The van der Waals surface area contributed by atoms with Crippen LogP contribution in [0.1, 0.15) is 37.9 Å². The van der Waals surface area contributed by atoms with Crippen molar-refractivity contribution in [2.24, 2.45) is 7.05 Å². The van der Waals surface area contributed by atoms with Gasteiger partial charge in [0.2, 0.25) is 5.91 Å². The quantitative estimate of drug-likeness (QED) is 0.586. The molecule has 0 aliphatic heterocycles. The summed E-state index contributed by atoms with van der Waals surface area (Å²) in [5, 5.41) is 2.84. The molecule has 29 heavy (non-hydrogen) atoms. The molecule has 0 spiro atoms. The molecule has 9 heteroatoms. The number of anilines is 1. The zero-order valence-corrected chi connectivity index (χ0v) is 16.2. The van der Waals surface area contributed by atoms with E-state index in [1.165, 1.54) is 24.5 Å². The largest absolute Gasteiger partial charge is 0.490 e. The lowest BCUT2D eigenvalue weighted by atomic mass is 10.2. The minimum absolute atomic E-state index is 0.169. The third-order valence-corrected chi connectivity index (χ3v) is 5.14. The zero-order valence-electron chi connectivity index (χ0n) is 16.2. The molecule has 1 aliphatic carbocycles. The van der Waals surface area contributed by atoms with E-state index in [4.69, 9.17) is 4.74 Å². The average Bonchev–Trinajstić information content (AvgIpc) is 3.36. The van der Waals surface area contributed by atoms with Gasteiger partial charge in [-0.05, 0) is 49.9 Å². The van der Waals surface area contributed by atoms with E-state index in [1.807, 2.05) is 24.3 Å². The molecule has 152 valence electrons. The minimum atomic E-state index is -0.529. The summed E-state index contributed by atoms with van der Waals surface area (Å²) in [7, 11) is 1.53. The molecule has 3 N–H and O–H groups in total. The van der Waals surface area contributed by atoms with Crippen LogP contribution < -0.4 is 21.3 Å². The Morgan fingerprint density at radius 3 is 2.66 bits per heavy atom. The summed E-state index contributed by atoms with van der Waals surface area (Å²) in [6, 6.07) is 7.36. The second kappa shape index (κ2) is 7.94. The van der Waals surface area contributed by atoms with Crippen LogP contribution in [0.5, 0.6) is 5.75 Å². The summed E-state index contributed by atoms with van der Waals surface area (Å²) in [5.74, 6) is 1.12. The number of imidazole rings is 1. The number of nitrogens with one attached hydrogen (secondary N) is 3. The molecule has 1 aromatic carbocycles. The number of nitrogens with zero attached hydrogens (tertiary/aromatic N) is 2. The third kappa shape index (κ3) is 4.23. The fraction of sp³-hybridized carbons (Fsp3) is 0.400. The van der Waals surface area contributed by atoms with E-state index < -0.39 is 11.2 Å². The Bertz CT molecular complexity index is 1140. The maximum absolute atomic E-state index is 12.2. The van der Waals surface area contributed by atoms with Crippen molar-refractivity contribution in [3.8, 4) is 5.75 Å². The van der Waals surface area contributed by atoms with Crippen molar-refractivity contribution in [1.29, 1.82) is 0 Å². The van der Waals surface area contributed by atoms with E-state index in [2.05, 4.69) is 20.3 Å². The van der Waals surface area contributed by atoms with Gasteiger partial charge in [0, 0.05) is 25.6 Å². The van der Waals surface area contributed by atoms with E-state index >= 15 is 0 Å². The van der Waals surface area contributed by atoms with Crippen molar-refractivity contribution in [3.63, 3.8) is 0 Å². The molecule has 4 rings (SSSR count). The SMILES string of the molecule is Cn1c(=O)[nH]c(=O)c2[nH]c(CCC(=O)Nc3ccc(OC4CCCC4)cc3)nc21. The zero-order chi connectivity index (χ0) is 20.4. The number of benzene rings is 1. The lowest BCUT2D eigenvalue weighted by Crippen LogP contribution is -2.28. The number of hydrogen-bond donors (Lipinski definition) is 3. The molecule has 2 heterocycles. The number of amides is 1. The number of carbonyl (C=O) groups excluding carboxylic acids is 1. The van der Waals surface area contributed by atoms with Gasteiger partial charge in [-0.3, -0.25) is 19.1 Å². The molecule has 0 saturated heterocycles. The number of H-pyrrole nitrogens is 2. The normalized spacial score (nSPS) is 14.4. The van der Waals surface area contributed by atoms with Crippen molar-refractivity contribution in [2.45, 2.75) is 44.6 Å². The van der Waals surface area contributed by atoms with E-state index in [0.29, 0.717) is 24.0 Å². The molecule has 2 aromatic heterocycles. The van der Waals surface area contributed by atoms with Gasteiger partial charge in [0.25, 0.3) is 5.56 Å². The number of ether oxygens (including phenoxy) is 1. The number of fused-ring (bicyclic) bond motifs is 1. The number of carbonyl (C=O) groups is 1. The van der Waals surface area contributed by atoms with Gasteiger partial charge in [0.15, 0.2) is 5.65 Å². The highest BCUT2D eigenvalue weighted by atomic mass is 16.5. The van der Waals surface area contributed by atoms with Crippen LogP contribution >= 0.6 is 0 Å². The molecule has 0 unspecified atom stereocenters. The molecule has 1 saturated carbocycles. The number of rotatable bonds is 6. The van der Waals surface area contributed by atoms with Crippen molar-refractivity contribution in [1.82, 2.24) is 19.5 Å². The molecule has 0 atom stereocenters. The van der Waals surface area contributed by atoms with Crippen molar-refractivity contribution in [3.05, 3.63) is 50.9 Å². The number of aryl methyl sites for hydroxylation is 2. The van der Waals surface area contributed by atoms with Crippen LogP contribution in [0.25, 0.3) is 11.2 Å². The van der Waals surface area contributed by atoms with E-state index in [-0.39, 0.29) is 23.5 Å². The van der Waals surface area contributed by atoms with E-state index in [0.717, 1.165) is 18.6 Å². The maximum atomic E-state index is 12.2. The van der Waals surface area contributed by atoms with Gasteiger partial charge in [-0.15, -0.1) is 0 Å². The highest BCUT2D eigenvalue weighted by molar-refractivity contribution is 5.90. The first kappa shape index (κ1) is 19.0. The summed E-state index contributed by atoms with van der Waals surface area (Å²) in [6.07, 6.45) is 5.43. The van der Waals surface area contributed by atoms with Gasteiger partial charge >= 0.3 is 5.69 Å². The Balaban J connectivity index is 1.34. The van der Waals surface area contributed by atoms with Gasteiger partial charge in [-0.25, -0.2) is 9.78 Å². The van der Waals surface area contributed by atoms with Crippen molar-refractivity contribution < 1.29 is 9.53 Å². The van der Waals surface area contributed by atoms with Crippen molar-refractivity contribution in [2.75, 3.05) is 5.32 Å². The van der Waals surface area contributed by atoms with Crippen LogP contribution in [0.3, 0.4) is 0 Å². The first-order chi connectivity index (χ1) is 14.0. The predicted molar refractivity (Wildman–Crippen MR) is 108 cm³/mol. The lowest BCUT2D eigenvalue weighted by Gasteiger charge is -2.13. The molecule has 1 fully saturated rings. The Morgan fingerprint density at radius 2 is 1.93 bits per heavy atom. The Labute approximate surface area is 166 Å². The van der Waals surface area contributed by atoms with Gasteiger partial charge in [-0.1, -0.05) is 0 Å². The second-order valence-electron chi connectivity index (χ2n) is 7.30. The van der Waals surface area contributed by atoms with Crippen LogP contribution in [-0.4, -0.2) is 31.5 Å². The molecule has 0 radical (unpaired) electrons. The lowest BCUT2D eigenvalue weighted by molar-refractivity contribution is -0.116. The summed E-state index contributed by atoms with van der Waals surface area (Å²) >= 11 is 0. The van der Waals surface area contributed by atoms with Gasteiger partial charge in [0.05, 0.1) is 6.10 Å². The first-order valence-corrected chi connectivity index (χ1v) is 9.74. The maximum Gasteiger partial charge on any atom is 0.329 e. The standard InChI is InChI=1S/C20H23N5O4/c1-25-18-17(19(27)24-20(25)28)22-15(23-18)10-11-16(26)21-12-6-8-14(9-7-12)29-13-4-2-3-5-13/h6-9,13H,2-5,10-11H2,1H3,(H,21,26)(H,22,23)(H,24,27,28). The monoisotopic (exact) mass is 397 g/mol. The van der Waals surface area contributed by atoms with Gasteiger partial charge < -0.3 is 15.0 Å². The summed E-state index contributed by atoms with van der Waals surface area (Å²) in [5.41, 5.74) is 0.134. The van der Waals surface area contributed by atoms with Crippen LogP contribution in [0.2, 0.25) is 0 Å². The molecule has 9 nitrogen and oxygen atoms in total. The number of hydrogen-bond acceptors (Lipinski definition) is 5. The third-order valence-electron chi connectivity index (χ3n) is 5.14. The Kier molecular flexibility index (Phi) is 5.20. The van der Waals surface area contributed by atoms with Crippen LogP contribution in [0, 0.1) is 0 Å². The van der Waals surface area contributed by atoms with Crippen LogP contribution in [0.4, 0.5) is 5.69 Å². The highest BCUT2D eigenvalue weighted by Crippen LogP contribution is 2.25. The second-order valence-corrected chi connectivity index (χ2v) is 7.30. The molecule has 3 aromatic rings. The van der Waals surface area contributed by atoms with E-state index in [1.54, 1.807) is 0 Å². The first-order valence-electron chi connectivity index (χ1n) is 9.74. The molecular weight excluding hydrogens is 374 g/mol. The van der Waals surface area contributed by atoms with E-state index in [9.17, 15) is 14.4 Å². The van der Waals surface area contributed by atoms with Crippen molar-refractivity contribution >= 4 is 22.8 Å². The minimum Gasteiger partial charge on any atom is -0.490 e. The molecular formula is C20H23N5O4. The molecule has 1 amide bonds. The van der Waals surface area contributed by atoms with Crippen LogP contribution in [-0.2, 0) is 18.3 Å². The number of aromatic amines is 2. The van der Waals surface area contributed by atoms with Crippen LogP contribution in [0.15, 0.2) is 33.9 Å². The predicted octanol–water partition coefficient (Wildman–Crippen LogP) is 1.84. The smallest absolute Gasteiger partial charge is 0.329 e. The fourth-order valence-corrected chi connectivity index (χ4v) is 3.54. The topological polar surface area (TPSA) is 122 Å². The Hall–Kier alpha value is -3.36.